The Balaban J connectivity index is 2.15. The molecule has 0 saturated heterocycles. The van der Waals surface area contributed by atoms with Gasteiger partial charge in [-0.25, -0.2) is 0 Å². The largest absolute Gasteiger partial charge is 0.381 e. The smallest absolute Gasteiger partial charge is 0.128 e. The van der Waals surface area contributed by atoms with Crippen LogP contribution >= 0.6 is 15.9 Å². The summed E-state index contributed by atoms with van der Waals surface area (Å²) in [4.78, 5) is 0. The second-order valence-electron chi connectivity index (χ2n) is 5.68. The first-order chi connectivity index (χ1) is 8.60. The van der Waals surface area contributed by atoms with E-state index >= 15 is 0 Å². The number of methoxy groups -OCH3 is 1. The highest BCUT2D eigenvalue weighted by atomic mass is 79.9. The summed E-state index contributed by atoms with van der Waals surface area (Å²) in [7, 11) is 1.82. The average Bonchev–Trinajstić information content (AvgIpc) is 2.69. The predicted molar refractivity (Wildman–Crippen MR) is 76.8 cm³/mol. The standard InChI is InChI=1S/C14H23BrN2O/c1-10(2)7-12-9-14(15)16-17(12)11-5-4-6-13(8-11)18-3/h9-11,13H,4-8H2,1-3H3. The Hall–Kier alpha value is -0.350. The fourth-order valence-corrected chi connectivity index (χ4v) is 3.28. The zero-order chi connectivity index (χ0) is 13.1. The van der Waals surface area contributed by atoms with Crippen molar-refractivity contribution in [3.8, 4) is 0 Å². The lowest BCUT2D eigenvalue weighted by atomic mass is 9.92. The van der Waals surface area contributed by atoms with Crippen LogP contribution in [0.3, 0.4) is 0 Å². The number of hydrogen-bond acceptors (Lipinski definition) is 2. The van der Waals surface area contributed by atoms with Crippen molar-refractivity contribution < 1.29 is 4.74 Å². The van der Waals surface area contributed by atoms with E-state index in [0.29, 0.717) is 18.1 Å². The molecule has 0 aliphatic heterocycles. The van der Waals surface area contributed by atoms with Gasteiger partial charge in [0.05, 0.1) is 12.1 Å². The van der Waals surface area contributed by atoms with Crippen LogP contribution in [0.15, 0.2) is 10.7 Å². The third-order valence-corrected chi connectivity index (χ3v) is 4.07. The Morgan fingerprint density at radius 3 is 2.94 bits per heavy atom. The first kappa shape index (κ1) is 14.1. The molecule has 4 heteroatoms. The van der Waals surface area contributed by atoms with Crippen molar-refractivity contribution in [2.45, 2.75) is 58.1 Å². The van der Waals surface area contributed by atoms with E-state index in [4.69, 9.17) is 4.74 Å². The third-order valence-electron chi connectivity index (χ3n) is 3.68. The topological polar surface area (TPSA) is 27.1 Å². The van der Waals surface area contributed by atoms with E-state index in [2.05, 4.69) is 45.6 Å². The molecule has 1 fully saturated rings. The summed E-state index contributed by atoms with van der Waals surface area (Å²) in [6, 6.07) is 2.67. The Kier molecular flexibility index (Phi) is 4.84. The SMILES string of the molecule is COC1CCCC(n2nc(Br)cc2CC(C)C)C1. The van der Waals surface area contributed by atoms with E-state index < -0.39 is 0 Å². The molecule has 1 saturated carbocycles. The second kappa shape index (κ2) is 6.20. The molecule has 0 N–H and O–H groups in total. The van der Waals surface area contributed by atoms with Crippen LogP contribution in [0.4, 0.5) is 0 Å². The third kappa shape index (κ3) is 3.35. The maximum absolute atomic E-state index is 5.52. The first-order valence-corrected chi connectivity index (χ1v) is 7.66. The Bertz CT molecular complexity index is 389. The van der Waals surface area contributed by atoms with Gasteiger partial charge in [0, 0.05) is 12.8 Å². The molecule has 1 aliphatic rings. The maximum Gasteiger partial charge on any atom is 0.128 e. The van der Waals surface area contributed by atoms with Gasteiger partial charge in [0.1, 0.15) is 4.60 Å². The van der Waals surface area contributed by atoms with Crippen molar-refractivity contribution >= 4 is 15.9 Å². The van der Waals surface area contributed by atoms with E-state index in [1.807, 2.05) is 7.11 Å². The van der Waals surface area contributed by atoms with Gasteiger partial charge in [-0.3, -0.25) is 4.68 Å². The van der Waals surface area contributed by atoms with Crippen molar-refractivity contribution in [1.29, 1.82) is 0 Å². The van der Waals surface area contributed by atoms with Crippen LogP contribution in [0, 0.1) is 5.92 Å². The minimum atomic E-state index is 0.402. The molecule has 1 aliphatic carbocycles. The van der Waals surface area contributed by atoms with Gasteiger partial charge in [-0.1, -0.05) is 13.8 Å². The van der Waals surface area contributed by atoms with Crippen LogP contribution in [-0.2, 0) is 11.2 Å². The molecule has 102 valence electrons. The fraction of sp³-hybridized carbons (Fsp3) is 0.786. The van der Waals surface area contributed by atoms with Crippen LogP contribution in [0.1, 0.15) is 51.3 Å². The monoisotopic (exact) mass is 314 g/mol. The van der Waals surface area contributed by atoms with Crippen LogP contribution in [-0.4, -0.2) is 23.0 Å². The molecular weight excluding hydrogens is 292 g/mol. The summed E-state index contributed by atoms with van der Waals surface area (Å²) in [5.41, 5.74) is 1.35. The highest BCUT2D eigenvalue weighted by molar-refractivity contribution is 9.10. The molecule has 18 heavy (non-hydrogen) atoms. The lowest BCUT2D eigenvalue weighted by molar-refractivity contribution is 0.0501. The van der Waals surface area contributed by atoms with Crippen LogP contribution in [0.5, 0.6) is 0 Å². The average molecular weight is 315 g/mol. The number of nitrogens with zero attached hydrogens (tertiary/aromatic N) is 2. The normalized spacial score (nSPS) is 24.7. The molecule has 0 spiro atoms. The summed E-state index contributed by atoms with van der Waals surface area (Å²) in [5.74, 6) is 0.661. The summed E-state index contributed by atoms with van der Waals surface area (Å²) in [6.07, 6.45) is 6.23. The Labute approximate surface area is 118 Å². The van der Waals surface area contributed by atoms with Crippen molar-refractivity contribution in [3.63, 3.8) is 0 Å². The van der Waals surface area contributed by atoms with Crippen LogP contribution in [0.2, 0.25) is 0 Å². The van der Waals surface area contributed by atoms with Crippen molar-refractivity contribution in [2.75, 3.05) is 7.11 Å². The van der Waals surface area contributed by atoms with E-state index in [0.717, 1.165) is 17.4 Å². The van der Waals surface area contributed by atoms with Crippen molar-refractivity contribution in [2.24, 2.45) is 5.92 Å². The zero-order valence-electron chi connectivity index (χ0n) is 11.5. The predicted octanol–water partition coefficient (Wildman–Crippen LogP) is 3.97. The van der Waals surface area contributed by atoms with Crippen molar-refractivity contribution in [1.82, 2.24) is 9.78 Å². The minimum absolute atomic E-state index is 0.402. The first-order valence-electron chi connectivity index (χ1n) is 6.87. The highest BCUT2D eigenvalue weighted by Crippen LogP contribution is 2.31. The molecule has 1 aromatic rings. The number of ether oxygens (including phenoxy) is 1. The highest BCUT2D eigenvalue weighted by Gasteiger charge is 2.25. The number of aromatic nitrogens is 2. The molecule has 2 atom stereocenters. The molecule has 1 heterocycles. The lowest BCUT2D eigenvalue weighted by Crippen LogP contribution is -2.26. The Morgan fingerprint density at radius 1 is 1.50 bits per heavy atom. The van der Waals surface area contributed by atoms with Crippen molar-refractivity contribution in [3.05, 3.63) is 16.4 Å². The van der Waals surface area contributed by atoms with Crippen LogP contribution < -0.4 is 0 Å². The van der Waals surface area contributed by atoms with Gasteiger partial charge >= 0.3 is 0 Å². The molecule has 3 nitrogen and oxygen atoms in total. The number of halogens is 1. The quantitative estimate of drug-likeness (QED) is 0.840. The summed E-state index contributed by atoms with van der Waals surface area (Å²) in [6.45, 7) is 4.51. The molecule has 1 aromatic heterocycles. The van der Waals surface area contributed by atoms with E-state index in [1.165, 1.54) is 25.0 Å². The van der Waals surface area contributed by atoms with Gasteiger partial charge in [0.2, 0.25) is 0 Å². The summed E-state index contributed by atoms with van der Waals surface area (Å²) >= 11 is 3.51. The Morgan fingerprint density at radius 2 is 2.28 bits per heavy atom. The second-order valence-corrected chi connectivity index (χ2v) is 6.49. The maximum atomic E-state index is 5.52. The summed E-state index contributed by atoms with van der Waals surface area (Å²) in [5, 5.41) is 4.63. The lowest BCUT2D eigenvalue weighted by Gasteiger charge is -2.29. The zero-order valence-corrected chi connectivity index (χ0v) is 13.1. The molecule has 0 radical (unpaired) electrons. The van der Waals surface area contributed by atoms with Gasteiger partial charge < -0.3 is 4.74 Å². The molecule has 2 rings (SSSR count). The van der Waals surface area contributed by atoms with Gasteiger partial charge in [-0.15, -0.1) is 0 Å². The van der Waals surface area contributed by atoms with Crippen LogP contribution in [0.25, 0.3) is 0 Å². The molecular formula is C14H23BrN2O. The molecule has 0 bridgehead atoms. The summed E-state index contributed by atoms with van der Waals surface area (Å²) < 4.78 is 8.71. The van der Waals surface area contributed by atoms with E-state index in [1.54, 1.807) is 0 Å². The van der Waals surface area contributed by atoms with Gasteiger partial charge in [-0.05, 0) is 60.0 Å². The van der Waals surface area contributed by atoms with Gasteiger partial charge in [-0.2, -0.15) is 5.10 Å². The van der Waals surface area contributed by atoms with E-state index in [-0.39, 0.29) is 0 Å². The molecule has 2 unspecified atom stereocenters. The van der Waals surface area contributed by atoms with Gasteiger partial charge in [0.15, 0.2) is 0 Å². The fourth-order valence-electron chi connectivity index (χ4n) is 2.84. The number of hydrogen-bond donors (Lipinski definition) is 0. The van der Waals surface area contributed by atoms with E-state index in [9.17, 15) is 0 Å². The number of rotatable bonds is 4. The molecule has 0 amide bonds. The molecule has 0 aromatic carbocycles. The van der Waals surface area contributed by atoms with Gasteiger partial charge in [0.25, 0.3) is 0 Å². The minimum Gasteiger partial charge on any atom is -0.381 e.